The van der Waals surface area contributed by atoms with Crippen LogP contribution in [0.2, 0.25) is 0 Å². The topological polar surface area (TPSA) is 78.9 Å². The summed E-state index contributed by atoms with van der Waals surface area (Å²) in [5.74, 6) is -0.438. The Balaban J connectivity index is 2.17. The molecule has 0 aromatic heterocycles. The average molecular weight is 549 g/mol. The van der Waals surface area contributed by atoms with E-state index in [1.807, 2.05) is 6.08 Å². The van der Waals surface area contributed by atoms with Crippen LogP contribution in [-0.4, -0.2) is 37.2 Å². The lowest BCUT2D eigenvalue weighted by molar-refractivity contribution is -0.168. The highest BCUT2D eigenvalue weighted by Gasteiger charge is 2.27. The second-order valence-electron chi connectivity index (χ2n) is 11.4. The number of ether oxygens (including phenoxy) is 3. The maximum atomic E-state index is 12.6. The number of hydrogen-bond donors (Lipinski definition) is 0. The zero-order valence-electron chi connectivity index (χ0n) is 25.3. The number of carbonyl (C=O) groups is 3. The fourth-order valence-corrected chi connectivity index (χ4v) is 4.77. The van der Waals surface area contributed by atoms with Gasteiger partial charge < -0.3 is 14.2 Å². The molecular weight excluding hydrogens is 492 g/mol. The number of allylic oxidation sites excluding steroid dienone is 3. The van der Waals surface area contributed by atoms with Crippen LogP contribution in [0.25, 0.3) is 0 Å². The molecule has 39 heavy (non-hydrogen) atoms. The van der Waals surface area contributed by atoms with Gasteiger partial charge in [-0.2, -0.15) is 0 Å². The smallest absolute Gasteiger partial charge is 0.313 e. The van der Waals surface area contributed by atoms with Crippen molar-refractivity contribution in [1.82, 2.24) is 0 Å². The summed E-state index contributed by atoms with van der Waals surface area (Å²) in [7, 11) is 0. The van der Waals surface area contributed by atoms with E-state index in [0.717, 1.165) is 38.5 Å². The van der Waals surface area contributed by atoms with Crippen molar-refractivity contribution in [1.29, 1.82) is 0 Å². The second kappa shape index (κ2) is 22.7. The molecule has 6 heteroatoms. The van der Waals surface area contributed by atoms with Crippen molar-refractivity contribution in [2.45, 2.75) is 137 Å². The van der Waals surface area contributed by atoms with Crippen LogP contribution < -0.4 is 0 Å². The van der Waals surface area contributed by atoms with Crippen LogP contribution in [0, 0.1) is 17.8 Å². The third-order valence-corrected chi connectivity index (χ3v) is 7.39. The van der Waals surface area contributed by atoms with Crippen LogP contribution in [0.15, 0.2) is 24.3 Å². The van der Waals surface area contributed by atoms with Gasteiger partial charge in [-0.25, -0.2) is 0 Å². The summed E-state index contributed by atoms with van der Waals surface area (Å²) in [6, 6.07) is 0. The molecule has 3 unspecified atom stereocenters. The van der Waals surface area contributed by atoms with Crippen LogP contribution in [-0.2, 0) is 28.6 Å². The van der Waals surface area contributed by atoms with Gasteiger partial charge in [0, 0.05) is 13.3 Å². The van der Waals surface area contributed by atoms with E-state index < -0.39 is 12.1 Å². The normalized spacial score (nSPS) is 17.9. The lowest BCUT2D eigenvalue weighted by atomic mass is 9.82. The van der Waals surface area contributed by atoms with Gasteiger partial charge in [0.15, 0.2) is 6.10 Å². The molecule has 0 bridgehead atoms. The number of rotatable bonds is 22. The second-order valence-corrected chi connectivity index (χ2v) is 11.4. The minimum atomic E-state index is -0.796. The Kier molecular flexibility index (Phi) is 20.3. The van der Waals surface area contributed by atoms with E-state index in [9.17, 15) is 14.4 Å². The van der Waals surface area contributed by atoms with E-state index in [2.05, 4.69) is 39.0 Å². The van der Waals surface area contributed by atoms with Crippen molar-refractivity contribution in [2.75, 3.05) is 13.2 Å². The molecule has 0 fully saturated rings. The van der Waals surface area contributed by atoms with Gasteiger partial charge in [0.2, 0.25) is 0 Å². The predicted octanol–water partition coefficient (Wildman–Crippen LogP) is 8.28. The van der Waals surface area contributed by atoms with E-state index in [1.165, 1.54) is 64.7 Å². The molecule has 1 aliphatic carbocycles. The van der Waals surface area contributed by atoms with E-state index in [-0.39, 0.29) is 31.1 Å². The third-order valence-electron chi connectivity index (χ3n) is 7.39. The fraction of sp³-hybridized carbons (Fsp3) is 0.788. The number of hydrogen-bond acceptors (Lipinski definition) is 6. The molecule has 0 radical (unpaired) electrons. The molecule has 0 aromatic carbocycles. The van der Waals surface area contributed by atoms with Gasteiger partial charge in [-0.3, -0.25) is 14.4 Å². The van der Waals surface area contributed by atoms with E-state index in [1.54, 1.807) is 0 Å². The Hall–Kier alpha value is -2.11. The molecule has 0 N–H and O–H groups in total. The lowest BCUT2D eigenvalue weighted by Gasteiger charge is -2.26. The minimum absolute atomic E-state index is 0.103. The quantitative estimate of drug-likeness (QED) is 0.0586. The number of esters is 3. The summed E-state index contributed by atoms with van der Waals surface area (Å²) in [4.78, 5) is 36.1. The van der Waals surface area contributed by atoms with Crippen molar-refractivity contribution < 1.29 is 28.6 Å². The first-order valence-corrected chi connectivity index (χ1v) is 15.7. The van der Waals surface area contributed by atoms with Gasteiger partial charge >= 0.3 is 17.9 Å². The Morgan fingerprint density at radius 2 is 1.38 bits per heavy atom. The molecule has 6 nitrogen and oxygen atoms in total. The first-order chi connectivity index (χ1) is 18.8. The fourth-order valence-electron chi connectivity index (χ4n) is 4.77. The lowest BCUT2D eigenvalue weighted by Crippen LogP contribution is -2.33. The Morgan fingerprint density at radius 3 is 1.95 bits per heavy atom. The largest absolute Gasteiger partial charge is 0.462 e. The first kappa shape index (κ1) is 34.9. The summed E-state index contributed by atoms with van der Waals surface area (Å²) >= 11 is 0. The average Bonchev–Trinajstić information content (AvgIpc) is 2.92. The monoisotopic (exact) mass is 548 g/mol. The summed E-state index contributed by atoms with van der Waals surface area (Å²) in [5.41, 5.74) is 0. The van der Waals surface area contributed by atoms with E-state index >= 15 is 0 Å². The summed E-state index contributed by atoms with van der Waals surface area (Å²) in [5, 5.41) is 0. The summed E-state index contributed by atoms with van der Waals surface area (Å²) in [6.45, 7) is 7.68. The van der Waals surface area contributed by atoms with Gasteiger partial charge in [-0.05, 0) is 56.8 Å². The standard InChI is InChI=1S/C33H56O6/c1-5-6-7-8-9-10-11-12-13-14-15-16-17-18-19-20-32(35)38-26-31(25-37-28(4)34)39-33(36)30-23-21-29(22-24-30)27(2)3/h12-13,21,23,27,29-31H,5-11,14-20,22,24-26H2,1-4H3/b13-12-. The third kappa shape index (κ3) is 18.7. The molecule has 3 atom stereocenters. The zero-order chi connectivity index (χ0) is 28.7. The van der Waals surface area contributed by atoms with Crippen LogP contribution >= 0.6 is 0 Å². The van der Waals surface area contributed by atoms with Crippen molar-refractivity contribution in [2.24, 2.45) is 17.8 Å². The van der Waals surface area contributed by atoms with Crippen molar-refractivity contribution in [3.63, 3.8) is 0 Å². The maximum absolute atomic E-state index is 12.6. The summed E-state index contributed by atoms with van der Waals surface area (Å²) in [6.07, 6.45) is 25.5. The molecule has 224 valence electrons. The maximum Gasteiger partial charge on any atom is 0.313 e. The molecule has 0 amide bonds. The highest BCUT2D eigenvalue weighted by Crippen LogP contribution is 2.28. The summed E-state index contributed by atoms with van der Waals surface area (Å²) < 4.78 is 16.0. The van der Waals surface area contributed by atoms with Crippen LogP contribution in [0.5, 0.6) is 0 Å². The molecule has 0 saturated carbocycles. The molecule has 0 aliphatic heterocycles. The minimum Gasteiger partial charge on any atom is -0.462 e. The van der Waals surface area contributed by atoms with Gasteiger partial charge in [0.05, 0.1) is 5.92 Å². The molecule has 0 aromatic rings. The van der Waals surface area contributed by atoms with Crippen LogP contribution in [0.3, 0.4) is 0 Å². The molecular formula is C33H56O6. The molecule has 0 saturated heterocycles. The number of carbonyl (C=O) groups excluding carboxylic acids is 3. The van der Waals surface area contributed by atoms with Gasteiger partial charge in [0.1, 0.15) is 13.2 Å². The van der Waals surface area contributed by atoms with Crippen molar-refractivity contribution >= 4 is 17.9 Å². The predicted molar refractivity (Wildman–Crippen MR) is 157 cm³/mol. The molecule has 1 aliphatic rings. The van der Waals surface area contributed by atoms with Crippen molar-refractivity contribution in [3.05, 3.63) is 24.3 Å². The van der Waals surface area contributed by atoms with Crippen LogP contribution in [0.1, 0.15) is 130 Å². The van der Waals surface area contributed by atoms with Gasteiger partial charge in [0.25, 0.3) is 0 Å². The molecule has 0 heterocycles. The van der Waals surface area contributed by atoms with E-state index in [4.69, 9.17) is 14.2 Å². The van der Waals surface area contributed by atoms with Crippen LogP contribution in [0.4, 0.5) is 0 Å². The van der Waals surface area contributed by atoms with Crippen molar-refractivity contribution in [3.8, 4) is 0 Å². The zero-order valence-corrected chi connectivity index (χ0v) is 25.3. The molecule has 0 spiro atoms. The Morgan fingerprint density at radius 1 is 0.795 bits per heavy atom. The Bertz CT molecular complexity index is 726. The highest BCUT2D eigenvalue weighted by atomic mass is 16.6. The van der Waals surface area contributed by atoms with Gasteiger partial charge in [-0.15, -0.1) is 0 Å². The van der Waals surface area contributed by atoms with Gasteiger partial charge in [-0.1, -0.05) is 96.4 Å². The Labute approximate surface area is 238 Å². The molecule has 1 rings (SSSR count). The SMILES string of the molecule is CCCCCCCC/C=C\CCCCCCCC(=O)OCC(COC(C)=O)OC(=O)C1C=CC(C(C)C)CC1. The first-order valence-electron chi connectivity index (χ1n) is 15.7. The van der Waals surface area contributed by atoms with E-state index in [0.29, 0.717) is 18.3 Å². The number of unbranched alkanes of at least 4 members (excludes halogenated alkanes) is 11. The highest BCUT2D eigenvalue weighted by molar-refractivity contribution is 5.75.